The van der Waals surface area contributed by atoms with E-state index in [4.69, 9.17) is 4.74 Å². The molecule has 3 heteroatoms. The molecule has 1 fully saturated rings. The van der Waals surface area contributed by atoms with Crippen LogP contribution in [0.4, 0.5) is 0 Å². The molecule has 0 heterocycles. The lowest BCUT2D eigenvalue weighted by Crippen LogP contribution is -2.54. The van der Waals surface area contributed by atoms with E-state index in [0.29, 0.717) is 6.04 Å². The second-order valence-electron chi connectivity index (χ2n) is 5.98. The van der Waals surface area contributed by atoms with Gasteiger partial charge in [0.2, 0.25) is 0 Å². The van der Waals surface area contributed by atoms with E-state index in [0.717, 1.165) is 18.8 Å². The van der Waals surface area contributed by atoms with Crippen molar-refractivity contribution in [2.45, 2.75) is 51.1 Å². The van der Waals surface area contributed by atoms with Gasteiger partial charge in [0.25, 0.3) is 0 Å². The molecule has 0 radical (unpaired) electrons. The van der Waals surface area contributed by atoms with E-state index in [1.54, 1.807) is 7.11 Å². The minimum absolute atomic E-state index is 0.241. The van der Waals surface area contributed by atoms with Crippen molar-refractivity contribution < 1.29 is 4.74 Å². The Kier molecular flexibility index (Phi) is 5.65. The topological polar surface area (TPSA) is 24.5 Å². The summed E-state index contributed by atoms with van der Waals surface area (Å²) in [5, 5.41) is 3.60. The maximum Gasteiger partial charge on any atom is 0.119 e. The molecule has 0 amide bonds. The summed E-state index contributed by atoms with van der Waals surface area (Å²) in [6.07, 6.45) is 5.21. The van der Waals surface area contributed by atoms with Crippen molar-refractivity contribution in [2.75, 3.05) is 27.2 Å². The van der Waals surface area contributed by atoms with Crippen LogP contribution in [0.25, 0.3) is 0 Å². The van der Waals surface area contributed by atoms with Crippen molar-refractivity contribution in [3.8, 4) is 5.75 Å². The molecule has 0 bridgehead atoms. The zero-order valence-electron chi connectivity index (χ0n) is 14.0. The van der Waals surface area contributed by atoms with Gasteiger partial charge in [-0.05, 0) is 50.7 Å². The second-order valence-corrected chi connectivity index (χ2v) is 5.98. The average Bonchev–Trinajstić information content (AvgIpc) is 3.00. The highest BCUT2D eigenvalue weighted by Gasteiger charge is 2.44. The Labute approximate surface area is 129 Å². The molecule has 0 spiro atoms. The van der Waals surface area contributed by atoms with Crippen molar-refractivity contribution >= 4 is 0 Å². The third-order valence-electron chi connectivity index (χ3n) is 5.12. The summed E-state index contributed by atoms with van der Waals surface area (Å²) in [4.78, 5) is 2.65. The lowest BCUT2D eigenvalue weighted by atomic mass is 9.81. The molecule has 21 heavy (non-hydrogen) atoms. The van der Waals surface area contributed by atoms with Gasteiger partial charge in [0.05, 0.1) is 13.2 Å². The molecule has 1 aromatic rings. The molecule has 1 unspecified atom stereocenters. The number of hydrogen-bond acceptors (Lipinski definition) is 3. The first kappa shape index (κ1) is 16.3. The Bertz CT molecular complexity index is 437. The van der Waals surface area contributed by atoms with E-state index in [9.17, 15) is 0 Å². The summed E-state index contributed by atoms with van der Waals surface area (Å²) in [6.45, 7) is 6.78. The number of methoxy groups -OCH3 is 1. The second kappa shape index (κ2) is 7.28. The van der Waals surface area contributed by atoms with Gasteiger partial charge in [-0.25, -0.2) is 0 Å². The molecule has 3 nitrogen and oxygen atoms in total. The summed E-state index contributed by atoms with van der Waals surface area (Å²) >= 11 is 0. The molecule has 1 aliphatic carbocycles. The van der Waals surface area contributed by atoms with Crippen molar-refractivity contribution in [3.05, 3.63) is 29.8 Å². The molecular formula is C18H30N2O. The normalized spacial score (nSPS) is 18.9. The first-order valence-corrected chi connectivity index (χ1v) is 8.28. The van der Waals surface area contributed by atoms with E-state index in [-0.39, 0.29) is 5.54 Å². The van der Waals surface area contributed by atoms with E-state index < -0.39 is 0 Å². The Morgan fingerprint density at radius 1 is 1.24 bits per heavy atom. The van der Waals surface area contributed by atoms with Crippen LogP contribution in [0.5, 0.6) is 5.75 Å². The van der Waals surface area contributed by atoms with Crippen molar-refractivity contribution in [1.29, 1.82) is 0 Å². The monoisotopic (exact) mass is 290 g/mol. The minimum Gasteiger partial charge on any atom is -0.497 e. The van der Waals surface area contributed by atoms with Crippen molar-refractivity contribution in [1.82, 2.24) is 10.2 Å². The van der Waals surface area contributed by atoms with Crippen LogP contribution in [0.3, 0.4) is 0 Å². The summed E-state index contributed by atoms with van der Waals surface area (Å²) < 4.78 is 5.42. The molecular weight excluding hydrogens is 260 g/mol. The molecule has 1 atom stereocenters. The summed E-state index contributed by atoms with van der Waals surface area (Å²) in [6, 6.07) is 8.89. The summed E-state index contributed by atoms with van der Waals surface area (Å²) in [5.41, 5.74) is 1.58. The van der Waals surface area contributed by atoms with Crippen LogP contribution in [0.1, 0.15) is 51.1 Å². The summed E-state index contributed by atoms with van der Waals surface area (Å²) in [5.74, 6) is 0.945. The van der Waals surface area contributed by atoms with Crippen LogP contribution in [-0.2, 0) is 0 Å². The Hall–Kier alpha value is -1.06. The van der Waals surface area contributed by atoms with Crippen LogP contribution in [0.2, 0.25) is 0 Å². The fourth-order valence-electron chi connectivity index (χ4n) is 4.19. The van der Waals surface area contributed by atoms with Crippen LogP contribution >= 0.6 is 0 Å². The number of benzene rings is 1. The van der Waals surface area contributed by atoms with Gasteiger partial charge >= 0.3 is 0 Å². The Morgan fingerprint density at radius 3 is 2.43 bits per heavy atom. The van der Waals surface area contributed by atoms with Gasteiger partial charge in [0, 0.05) is 5.54 Å². The quantitative estimate of drug-likeness (QED) is 0.830. The maximum absolute atomic E-state index is 5.42. The van der Waals surface area contributed by atoms with Crippen molar-refractivity contribution in [2.24, 2.45) is 0 Å². The summed E-state index contributed by atoms with van der Waals surface area (Å²) in [7, 11) is 3.83. The molecule has 1 N–H and O–H groups in total. The maximum atomic E-state index is 5.42. The lowest BCUT2D eigenvalue weighted by molar-refractivity contribution is 0.0655. The molecule has 2 rings (SSSR count). The van der Waals surface area contributed by atoms with Crippen LogP contribution in [-0.4, -0.2) is 37.7 Å². The van der Waals surface area contributed by atoms with Crippen LogP contribution < -0.4 is 10.1 Å². The van der Waals surface area contributed by atoms with Gasteiger partial charge in [0.1, 0.15) is 5.75 Å². The van der Waals surface area contributed by atoms with Gasteiger partial charge in [-0.1, -0.05) is 38.8 Å². The number of nitrogens with zero attached hydrogens (tertiary/aromatic N) is 1. The first-order chi connectivity index (χ1) is 10.2. The van der Waals surface area contributed by atoms with Gasteiger partial charge in [-0.2, -0.15) is 0 Å². The SMILES string of the molecule is CCN(CC)C1(C(NC)c2cccc(OC)c2)CCCC1. The fourth-order valence-corrected chi connectivity index (χ4v) is 4.19. The predicted molar refractivity (Wildman–Crippen MR) is 88.9 cm³/mol. The van der Waals surface area contributed by atoms with Gasteiger partial charge in [0.15, 0.2) is 0 Å². The van der Waals surface area contributed by atoms with Gasteiger partial charge in [-0.3, -0.25) is 4.90 Å². The standard InChI is InChI=1S/C18H30N2O/c1-5-20(6-2)18(12-7-8-13-18)17(19-3)15-10-9-11-16(14-15)21-4/h9-11,14,17,19H,5-8,12-13H2,1-4H3. The smallest absolute Gasteiger partial charge is 0.119 e. The van der Waals surface area contributed by atoms with Gasteiger partial charge < -0.3 is 10.1 Å². The minimum atomic E-state index is 0.241. The van der Waals surface area contributed by atoms with E-state index >= 15 is 0 Å². The highest BCUT2D eigenvalue weighted by molar-refractivity contribution is 5.33. The van der Waals surface area contributed by atoms with Crippen LogP contribution in [0, 0.1) is 0 Å². The molecule has 0 saturated heterocycles. The Morgan fingerprint density at radius 2 is 1.90 bits per heavy atom. The highest BCUT2D eigenvalue weighted by Crippen LogP contribution is 2.44. The van der Waals surface area contributed by atoms with E-state index in [2.05, 4.69) is 49.3 Å². The lowest BCUT2D eigenvalue weighted by Gasteiger charge is -2.46. The molecule has 0 aliphatic heterocycles. The fraction of sp³-hybridized carbons (Fsp3) is 0.667. The molecule has 0 aromatic heterocycles. The van der Waals surface area contributed by atoms with Gasteiger partial charge in [-0.15, -0.1) is 0 Å². The van der Waals surface area contributed by atoms with E-state index in [1.165, 1.54) is 31.2 Å². The number of rotatable bonds is 7. The molecule has 1 aromatic carbocycles. The highest BCUT2D eigenvalue weighted by atomic mass is 16.5. The average molecular weight is 290 g/mol. The third-order valence-corrected chi connectivity index (χ3v) is 5.12. The number of nitrogens with one attached hydrogen (secondary N) is 1. The molecule has 1 saturated carbocycles. The zero-order chi connectivity index (χ0) is 15.3. The molecule has 118 valence electrons. The number of hydrogen-bond donors (Lipinski definition) is 1. The largest absolute Gasteiger partial charge is 0.497 e. The zero-order valence-corrected chi connectivity index (χ0v) is 14.0. The number of likely N-dealkylation sites (N-methyl/N-ethyl adjacent to an activating group) is 2. The molecule has 1 aliphatic rings. The number of ether oxygens (including phenoxy) is 1. The van der Waals surface area contributed by atoms with Crippen molar-refractivity contribution in [3.63, 3.8) is 0 Å². The third kappa shape index (κ3) is 3.09. The van der Waals surface area contributed by atoms with Crippen LogP contribution in [0.15, 0.2) is 24.3 Å². The first-order valence-electron chi connectivity index (χ1n) is 8.28. The Balaban J connectivity index is 2.40. The predicted octanol–water partition coefficient (Wildman–Crippen LogP) is 3.61. The van der Waals surface area contributed by atoms with E-state index in [1.807, 2.05) is 6.07 Å².